The highest BCUT2D eigenvalue weighted by Crippen LogP contribution is 2.36. The topological polar surface area (TPSA) is 55.7 Å². The monoisotopic (exact) mass is 473 g/mol. The van der Waals surface area contributed by atoms with Crippen molar-refractivity contribution in [3.8, 4) is 5.75 Å². The van der Waals surface area contributed by atoms with Crippen molar-refractivity contribution < 1.29 is 18.7 Å². The molecule has 7 heteroatoms. The summed E-state index contributed by atoms with van der Waals surface area (Å²) in [4.78, 5) is 16.1. The van der Waals surface area contributed by atoms with Gasteiger partial charge in [-0.25, -0.2) is 4.39 Å². The third-order valence-corrected chi connectivity index (χ3v) is 7.87. The van der Waals surface area contributed by atoms with Gasteiger partial charge in [-0.15, -0.1) is 0 Å². The van der Waals surface area contributed by atoms with Crippen molar-refractivity contribution >= 4 is 16.8 Å². The number of hydrogen-bond donors (Lipinski definition) is 1. The van der Waals surface area contributed by atoms with Crippen LogP contribution in [0.25, 0.3) is 10.9 Å². The van der Waals surface area contributed by atoms with Crippen molar-refractivity contribution in [1.29, 1.82) is 0 Å². The summed E-state index contributed by atoms with van der Waals surface area (Å²) in [5.41, 5.74) is 2.21. The Balaban J connectivity index is 1.69. The molecule has 188 valence electrons. The number of amides is 1. The number of aromatic nitrogens is 1. The molecule has 1 aromatic carbocycles. The molecule has 2 fully saturated rings. The first-order valence-corrected chi connectivity index (χ1v) is 12.8. The van der Waals surface area contributed by atoms with Crippen LogP contribution in [0.4, 0.5) is 4.39 Å². The van der Waals surface area contributed by atoms with Gasteiger partial charge in [-0.05, 0) is 43.6 Å². The summed E-state index contributed by atoms with van der Waals surface area (Å²) in [6, 6.07) is 3.03. The molecule has 6 nitrogen and oxygen atoms in total. The van der Waals surface area contributed by atoms with Crippen LogP contribution in [0.1, 0.15) is 56.1 Å². The van der Waals surface area contributed by atoms with Gasteiger partial charge in [0.05, 0.1) is 31.4 Å². The molecule has 0 radical (unpaired) electrons. The molecule has 0 bridgehead atoms. The average molecular weight is 474 g/mol. The third-order valence-electron chi connectivity index (χ3n) is 7.87. The van der Waals surface area contributed by atoms with Crippen molar-refractivity contribution in [3.05, 3.63) is 29.2 Å². The van der Waals surface area contributed by atoms with Gasteiger partial charge in [-0.2, -0.15) is 0 Å². The Morgan fingerprint density at radius 2 is 1.97 bits per heavy atom. The molecule has 1 N–H and O–H groups in total. The summed E-state index contributed by atoms with van der Waals surface area (Å²) < 4.78 is 27.8. The normalized spacial score (nSPS) is 24.0. The van der Waals surface area contributed by atoms with Crippen LogP contribution in [-0.4, -0.2) is 61.4 Å². The molecule has 1 saturated carbocycles. The smallest absolute Gasteiger partial charge is 0.253 e. The van der Waals surface area contributed by atoms with Crippen LogP contribution < -0.4 is 10.1 Å². The molecule has 0 unspecified atom stereocenters. The van der Waals surface area contributed by atoms with Gasteiger partial charge in [0.1, 0.15) is 11.6 Å². The van der Waals surface area contributed by atoms with Gasteiger partial charge in [0.15, 0.2) is 0 Å². The van der Waals surface area contributed by atoms with E-state index in [0.717, 1.165) is 56.9 Å². The molecule has 1 aliphatic carbocycles. The van der Waals surface area contributed by atoms with E-state index in [0.29, 0.717) is 41.0 Å². The van der Waals surface area contributed by atoms with E-state index in [2.05, 4.69) is 35.6 Å². The summed E-state index contributed by atoms with van der Waals surface area (Å²) in [7, 11) is 1.55. The number of carbonyl (C=O) groups excluding carboxylic acids is 1. The molecule has 1 amide bonds. The molecule has 0 spiro atoms. The highest BCUT2D eigenvalue weighted by atomic mass is 19.1. The van der Waals surface area contributed by atoms with E-state index in [1.54, 1.807) is 7.11 Å². The maximum atomic E-state index is 14.6. The van der Waals surface area contributed by atoms with Gasteiger partial charge in [-0.3, -0.25) is 9.69 Å². The van der Waals surface area contributed by atoms with Gasteiger partial charge in [0.25, 0.3) is 5.91 Å². The number of benzene rings is 1. The average Bonchev–Trinajstić information content (AvgIpc) is 3.08. The predicted octanol–water partition coefficient (Wildman–Crippen LogP) is 4.62. The SMILES string of the molecule is COc1cc(F)cc2c(C(=O)N[C@@H]3C[C@H](C)CC[C@H]3C(C)C)c(C)n(CCN3CCOCC3)c12. The quantitative estimate of drug-likeness (QED) is 0.638. The van der Waals surface area contributed by atoms with Crippen molar-refractivity contribution in [3.63, 3.8) is 0 Å². The number of rotatable bonds is 7. The first-order valence-electron chi connectivity index (χ1n) is 12.8. The molecule has 2 heterocycles. The van der Waals surface area contributed by atoms with Crippen molar-refractivity contribution in [2.75, 3.05) is 40.0 Å². The minimum atomic E-state index is -0.393. The lowest BCUT2D eigenvalue weighted by Crippen LogP contribution is -2.45. The minimum absolute atomic E-state index is 0.106. The van der Waals surface area contributed by atoms with Gasteiger partial charge in [-0.1, -0.05) is 27.2 Å². The van der Waals surface area contributed by atoms with E-state index in [1.807, 2.05) is 6.92 Å². The molecule has 2 aliphatic rings. The standard InChI is InChI=1S/C27H40FN3O3/c1-17(2)21-7-6-18(3)14-23(21)29-27(32)25-19(4)31(9-8-30-10-12-34-13-11-30)26-22(25)15-20(28)16-24(26)33-5/h15-18,21,23H,6-14H2,1-5H3,(H,29,32)/t18-,21+,23-/m1/s1. The number of nitrogens with one attached hydrogen (secondary N) is 1. The summed E-state index contributed by atoms with van der Waals surface area (Å²) in [6.45, 7) is 13.5. The first kappa shape index (κ1) is 25.0. The zero-order valence-electron chi connectivity index (χ0n) is 21.3. The molecular formula is C27H40FN3O3. The maximum absolute atomic E-state index is 14.6. The number of nitrogens with zero attached hydrogens (tertiary/aromatic N) is 2. The summed E-state index contributed by atoms with van der Waals surface area (Å²) in [5.74, 6) is 1.52. The van der Waals surface area contributed by atoms with Crippen LogP contribution >= 0.6 is 0 Å². The lowest BCUT2D eigenvalue weighted by atomic mass is 9.74. The van der Waals surface area contributed by atoms with E-state index in [-0.39, 0.29) is 11.9 Å². The summed E-state index contributed by atoms with van der Waals surface area (Å²) >= 11 is 0. The predicted molar refractivity (Wildman–Crippen MR) is 133 cm³/mol. The molecule has 1 saturated heterocycles. The highest BCUT2D eigenvalue weighted by molar-refractivity contribution is 6.09. The zero-order chi connectivity index (χ0) is 24.4. The summed E-state index contributed by atoms with van der Waals surface area (Å²) in [5, 5.41) is 3.99. The largest absolute Gasteiger partial charge is 0.494 e. The van der Waals surface area contributed by atoms with Crippen LogP contribution in [0, 0.1) is 30.5 Å². The Morgan fingerprint density at radius 3 is 2.65 bits per heavy atom. The van der Waals surface area contributed by atoms with Gasteiger partial charge < -0.3 is 19.4 Å². The Morgan fingerprint density at radius 1 is 1.24 bits per heavy atom. The number of fused-ring (bicyclic) bond motifs is 1. The molecule has 3 atom stereocenters. The zero-order valence-corrected chi connectivity index (χ0v) is 21.3. The fourth-order valence-electron chi connectivity index (χ4n) is 5.94. The fraction of sp³-hybridized carbons (Fsp3) is 0.667. The molecule has 34 heavy (non-hydrogen) atoms. The molecule has 1 aliphatic heterocycles. The third kappa shape index (κ3) is 5.10. The van der Waals surface area contributed by atoms with E-state index < -0.39 is 5.82 Å². The fourth-order valence-corrected chi connectivity index (χ4v) is 5.94. The van der Waals surface area contributed by atoms with E-state index in [9.17, 15) is 9.18 Å². The number of carbonyl (C=O) groups is 1. The van der Waals surface area contributed by atoms with Crippen LogP contribution in [0.15, 0.2) is 12.1 Å². The van der Waals surface area contributed by atoms with E-state index in [1.165, 1.54) is 18.6 Å². The number of ether oxygens (including phenoxy) is 2. The van der Waals surface area contributed by atoms with Gasteiger partial charge >= 0.3 is 0 Å². The summed E-state index contributed by atoms with van der Waals surface area (Å²) in [6.07, 6.45) is 3.32. The Kier molecular flexibility index (Phi) is 7.83. The van der Waals surface area contributed by atoms with Crippen molar-refractivity contribution in [2.24, 2.45) is 17.8 Å². The van der Waals surface area contributed by atoms with Crippen molar-refractivity contribution in [2.45, 2.75) is 59.5 Å². The lowest BCUT2D eigenvalue weighted by Gasteiger charge is -2.37. The molecule has 1 aromatic heterocycles. The Hall–Kier alpha value is -2.12. The number of hydrogen-bond acceptors (Lipinski definition) is 4. The van der Waals surface area contributed by atoms with Gasteiger partial charge in [0, 0.05) is 49.4 Å². The second kappa shape index (κ2) is 10.6. The molecule has 4 rings (SSSR count). The Labute approximate surface area is 202 Å². The molecule has 2 aromatic rings. The van der Waals surface area contributed by atoms with Gasteiger partial charge in [0.2, 0.25) is 0 Å². The second-order valence-corrected chi connectivity index (χ2v) is 10.5. The molecular weight excluding hydrogens is 433 g/mol. The van der Waals surface area contributed by atoms with Crippen molar-refractivity contribution in [1.82, 2.24) is 14.8 Å². The number of methoxy groups -OCH3 is 1. The lowest BCUT2D eigenvalue weighted by molar-refractivity contribution is 0.0365. The first-order chi connectivity index (χ1) is 16.3. The number of morpholine rings is 1. The van der Waals surface area contributed by atoms with Crippen LogP contribution in [0.2, 0.25) is 0 Å². The van der Waals surface area contributed by atoms with Crippen LogP contribution in [0.5, 0.6) is 5.75 Å². The number of halogens is 1. The second-order valence-electron chi connectivity index (χ2n) is 10.5. The van der Waals surface area contributed by atoms with Crippen LogP contribution in [0.3, 0.4) is 0 Å². The Bertz CT molecular complexity index is 1010. The van der Waals surface area contributed by atoms with E-state index in [4.69, 9.17) is 9.47 Å². The highest BCUT2D eigenvalue weighted by Gasteiger charge is 2.33. The maximum Gasteiger partial charge on any atom is 0.253 e. The minimum Gasteiger partial charge on any atom is -0.494 e. The van der Waals surface area contributed by atoms with E-state index >= 15 is 0 Å². The van der Waals surface area contributed by atoms with Crippen LogP contribution in [-0.2, 0) is 11.3 Å².